The molecule has 0 spiro atoms. The van der Waals surface area contributed by atoms with Gasteiger partial charge in [-0.15, -0.1) is 11.3 Å². The minimum atomic E-state index is 0.390. The van der Waals surface area contributed by atoms with E-state index in [2.05, 4.69) is 173 Å². The number of fused-ring (bicyclic) bond motifs is 6. The summed E-state index contributed by atoms with van der Waals surface area (Å²) < 4.78 is 2.50. The van der Waals surface area contributed by atoms with Crippen LogP contribution in [-0.2, 0) is 0 Å². The van der Waals surface area contributed by atoms with Gasteiger partial charge in [0.1, 0.15) is 5.71 Å². The number of allylic oxidation sites excluding steroid dienone is 1. The van der Waals surface area contributed by atoms with E-state index >= 15 is 0 Å². The molecule has 0 amide bonds. The molecule has 0 unspecified atom stereocenters. The highest BCUT2D eigenvalue weighted by Crippen LogP contribution is 2.46. The molecule has 0 fully saturated rings. The van der Waals surface area contributed by atoms with E-state index in [1.165, 1.54) is 36.9 Å². The van der Waals surface area contributed by atoms with Gasteiger partial charge in [0.05, 0.1) is 17.1 Å². The molecule has 260 valence electrons. The highest BCUT2D eigenvalue weighted by atomic mass is 32.1. The molecule has 0 atom stereocenters. The van der Waals surface area contributed by atoms with Crippen LogP contribution in [0.1, 0.15) is 11.1 Å². The minimum Gasteiger partial charge on any atom is -0.310 e. The molecule has 10 rings (SSSR count). The molecule has 4 nitrogen and oxygen atoms in total. The molecule has 5 heteroatoms. The van der Waals surface area contributed by atoms with Crippen LogP contribution < -0.4 is 10.3 Å². The van der Waals surface area contributed by atoms with Gasteiger partial charge in [-0.25, -0.2) is 0 Å². The van der Waals surface area contributed by atoms with Crippen LogP contribution in [0.3, 0.4) is 0 Å². The van der Waals surface area contributed by atoms with Gasteiger partial charge < -0.3 is 4.90 Å². The Bertz CT molecular complexity index is 2980. The summed E-state index contributed by atoms with van der Waals surface area (Å²) in [5.41, 5.74) is 14.8. The van der Waals surface area contributed by atoms with E-state index < -0.39 is 0 Å². The van der Waals surface area contributed by atoms with Gasteiger partial charge in [-0.3, -0.25) is 10.8 Å². The van der Waals surface area contributed by atoms with E-state index in [4.69, 9.17) is 0 Å². The fraction of sp³-hybridized carbons (Fsp3) is 0. The van der Waals surface area contributed by atoms with Crippen LogP contribution in [0, 0.1) is 5.41 Å². The summed E-state index contributed by atoms with van der Waals surface area (Å²) in [6, 6.07) is 64.2. The van der Waals surface area contributed by atoms with Crippen molar-refractivity contribution in [3.05, 3.63) is 199 Å². The molecule has 8 aromatic carbocycles. The number of benzene rings is 8. The molecule has 0 bridgehead atoms. The van der Waals surface area contributed by atoms with Crippen LogP contribution in [0.25, 0.3) is 59.3 Å². The van der Waals surface area contributed by atoms with Crippen LogP contribution in [0.15, 0.2) is 193 Å². The maximum Gasteiger partial charge on any atom is 0.109 e. The predicted molar refractivity (Wildman–Crippen MR) is 236 cm³/mol. The molecule has 1 aliphatic carbocycles. The number of para-hydroxylation sites is 1. The third kappa shape index (κ3) is 5.88. The zero-order valence-corrected chi connectivity index (χ0v) is 30.6. The van der Waals surface area contributed by atoms with Crippen molar-refractivity contribution in [3.8, 4) is 22.3 Å². The molecular weight excluding hydrogens is 689 g/mol. The first kappa shape index (κ1) is 32.6. The zero-order valence-electron chi connectivity index (χ0n) is 29.8. The Morgan fingerprint density at radius 1 is 0.527 bits per heavy atom. The van der Waals surface area contributed by atoms with Crippen molar-refractivity contribution in [3.63, 3.8) is 0 Å². The van der Waals surface area contributed by atoms with Crippen molar-refractivity contribution >= 4 is 82.5 Å². The molecular formula is C50H34N4S. The average molecular weight is 723 g/mol. The van der Waals surface area contributed by atoms with Crippen LogP contribution in [0.5, 0.6) is 0 Å². The van der Waals surface area contributed by atoms with Crippen LogP contribution in [-0.4, -0.2) is 11.4 Å². The quantitative estimate of drug-likeness (QED) is 0.161. The van der Waals surface area contributed by atoms with Gasteiger partial charge in [0, 0.05) is 37.1 Å². The second-order valence-corrected chi connectivity index (χ2v) is 14.7. The molecule has 9 aromatic rings. The maximum atomic E-state index is 9.44. The third-order valence-electron chi connectivity index (χ3n) is 10.4. The molecule has 1 heterocycles. The van der Waals surface area contributed by atoms with Crippen molar-refractivity contribution in [2.45, 2.75) is 0 Å². The van der Waals surface area contributed by atoms with Crippen molar-refractivity contribution in [1.29, 1.82) is 5.41 Å². The number of rotatable bonds is 7. The summed E-state index contributed by atoms with van der Waals surface area (Å²) in [6.07, 6.45) is 3.98. The summed E-state index contributed by atoms with van der Waals surface area (Å²) in [5.74, 6) is 0. The SMILES string of the molecule is N=C1/C(=N\Nc2ccccc2)C=Cc2ccc3ccc(N(c4cccc(-c5ccccc5-c5ccccc5)c4)c4cccc5sc6ccccc6c45)cc3c21. The standard InChI is InChI=1S/C50H34N4S/c51-50-44(53-52-37-16-5-2-6-17-37)30-28-35-26-25-34-27-29-39(32-43(34)48(35)50)54(45-22-12-24-47-49(45)42-21-9-10-23-46(42)55-47)38-18-11-15-36(31-38)41-20-8-7-19-40(41)33-13-3-1-4-14-33/h1-32,51-52H/b51-50?,53-44-. The Kier molecular flexibility index (Phi) is 8.12. The molecule has 55 heavy (non-hydrogen) atoms. The topological polar surface area (TPSA) is 51.5 Å². The normalized spacial score (nSPS) is 13.1. The van der Waals surface area contributed by atoms with Gasteiger partial charge in [-0.1, -0.05) is 133 Å². The van der Waals surface area contributed by atoms with Gasteiger partial charge in [0.2, 0.25) is 0 Å². The van der Waals surface area contributed by atoms with E-state index in [0.29, 0.717) is 11.4 Å². The first-order valence-corrected chi connectivity index (χ1v) is 19.2. The first-order chi connectivity index (χ1) is 27.2. The lowest BCUT2D eigenvalue weighted by Crippen LogP contribution is -2.19. The van der Waals surface area contributed by atoms with Gasteiger partial charge in [0.15, 0.2) is 0 Å². The number of nitrogens with zero attached hydrogens (tertiary/aromatic N) is 2. The Labute approximate surface area is 323 Å². The molecule has 1 aromatic heterocycles. The summed E-state index contributed by atoms with van der Waals surface area (Å²) in [7, 11) is 0. The molecule has 0 aliphatic heterocycles. The van der Waals surface area contributed by atoms with Gasteiger partial charge in [0.25, 0.3) is 0 Å². The van der Waals surface area contributed by atoms with Crippen molar-refractivity contribution in [1.82, 2.24) is 0 Å². The Balaban J connectivity index is 1.17. The van der Waals surface area contributed by atoms with Crippen molar-refractivity contribution in [2.24, 2.45) is 5.10 Å². The van der Waals surface area contributed by atoms with E-state index in [0.717, 1.165) is 50.2 Å². The largest absolute Gasteiger partial charge is 0.310 e. The van der Waals surface area contributed by atoms with E-state index in [1.807, 2.05) is 47.7 Å². The first-order valence-electron chi connectivity index (χ1n) is 18.4. The lowest BCUT2D eigenvalue weighted by molar-refractivity contribution is 1.30. The van der Waals surface area contributed by atoms with Gasteiger partial charge >= 0.3 is 0 Å². The second kappa shape index (κ2) is 13.7. The third-order valence-corrected chi connectivity index (χ3v) is 11.5. The van der Waals surface area contributed by atoms with E-state index in [9.17, 15) is 5.41 Å². The number of hydrogen-bond donors (Lipinski definition) is 2. The summed E-state index contributed by atoms with van der Waals surface area (Å²) >= 11 is 1.83. The lowest BCUT2D eigenvalue weighted by atomic mass is 9.89. The fourth-order valence-corrected chi connectivity index (χ4v) is 8.91. The van der Waals surface area contributed by atoms with Crippen LogP contribution >= 0.6 is 11.3 Å². The molecule has 0 saturated carbocycles. The van der Waals surface area contributed by atoms with E-state index in [1.54, 1.807) is 0 Å². The fourth-order valence-electron chi connectivity index (χ4n) is 7.78. The Morgan fingerprint density at radius 3 is 2.05 bits per heavy atom. The second-order valence-electron chi connectivity index (χ2n) is 13.7. The number of nitrogens with one attached hydrogen (secondary N) is 2. The predicted octanol–water partition coefficient (Wildman–Crippen LogP) is 13.9. The minimum absolute atomic E-state index is 0.390. The van der Waals surface area contributed by atoms with Crippen LogP contribution in [0.2, 0.25) is 0 Å². The van der Waals surface area contributed by atoms with Crippen molar-refractivity contribution in [2.75, 3.05) is 10.3 Å². The number of hydrogen-bond acceptors (Lipinski definition) is 5. The molecule has 2 N–H and O–H groups in total. The van der Waals surface area contributed by atoms with Crippen molar-refractivity contribution < 1.29 is 0 Å². The average Bonchev–Trinajstić information content (AvgIpc) is 3.64. The van der Waals surface area contributed by atoms with Crippen LogP contribution in [0.4, 0.5) is 22.7 Å². The maximum absolute atomic E-state index is 9.44. The monoisotopic (exact) mass is 722 g/mol. The molecule has 1 aliphatic rings. The zero-order chi connectivity index (χ0) is 36.7. The highest BCUT2D eigenvalue weighted by molar-refractivity contribution is 7.26. The lowest BCUT2D eigenvalue weighted by Gasteiger charge is -2.28. The summed E-state index contributed by atoms with van der Waals surface area (Å²) in [6.45, 7) is 0. The highest BCUT2D eigenvalue weighted by Gasteiger charge is 2.23. The molecule has 0 saturated heterocycles. The summed E-state index contributed by atoms with van der Waals surface area (Å²) in [4.78, 5) is 2.39. The van der Waals surface area contributed by atoms with Gasteiger partial charge in [-0.05, 0) is 99.3 Å². The van der Waals surface area contributed by atoms with E-state index in [-0.39, 0.29) is 0 Å². The Hall–Kier alpha value is -7.08. The number of anilines is 4. The smallest absolute Gasteiger partial charge is 0.109 e. The number of hydrazone groups is 1. The Morgan fingerprint density at radius 2 is 1.20 bits per heavy atom. The van der Waals surface area contributed by atoms with Gasteiger partial charge in [-0.2, -0.15) is 5.10 Å². The summed E-state index contributed by atoms with van der Waals surface area (Å²) in [5, 5.41) is 18.7. The molecule has 0 radical (unpaired) electrons. The number of thiophene rings is 1.